The number of fused-ring (bicyclic) bond motifs is 1. The van der Waals surface area contributed by atoms with Gasteiger partial charge in [0.05, 0.1) is 12.2 Å². The van der Waals surface area contributed by atoms with Gasteiger partial charge in [-0.2, -0.15) is 0 Å². The zero-order chi connectivity index (χ0) is 17.2. The van der Waals surface area contributed by atoms with Crippen LogP contribution < -0.4 is 9.64 Å². The first kappa shape index (κ1) is 17.2. The van der Waals surface area contributed by atoms with Crippen LogP contribution >= 0.6 is 0 Å². The highest BCUT2D eigenvalue weighted by Gasteiger charge is 2.46. The van der Waals surface area contributed by atoms with Crippen molar-refractivity contribution < 1.29 is 19.1 Å². The Morgan fingerprint density at radius 3 is 2.35 bits per heavy atom. The predicted octanol–water partition coefficient (Wildman–Crippen LogP) is 3.15. The lowest BCUT2D eigenvalue weighted by molar-refractivity contribution is -0.137. The Hall–Kier alpha value is -2.17. The molecule has 2 rings (SSSR count). The number of ketones is 2. The molecule has 0 bridgehead atoms. The van der Waals surface area contributed by atoms with Crippen LogP contribution in [0.15, 0.2) is 18.2 Å². The molecule has 0 saturated heterocycles. The van der Waals surface area contributed by atoms with Crippen molar-refractivity contribution in [1.29, 1.82) is 0 Å². The van der Waals surface area contributed by atoms with E-state index in [0.717, 1.165) is 0 Å². The second-order valence-electron chi connectivity index (χ2n) is 5.86. The maximum atomic E-state index is 12.9. The van der Waals surface area contributed by atoms with Gasteiger partial charge < -0.3 is 4.74 Å². The highest BCUT2D eigenvalue weighted by Crippen LogP contribution is 2.41. The van der Waals surface area contributed by atoms with E-state index in [2.05, 4.69) is 0 Å². The van der Waals surface area contributed by atoms with Gasteiger partial charge in [-0.15, -0.1) is 0 Å². The molecule has 1 aliphatic rings. The number of hydrogen-bond donors (Lipinski definition) is 0. The van der Waals surface area contributed by atoms with Crippen molar-refractivity contribution in [2.75, 3.05) is 11.4 Å². The smallest absolute Gasteiger partial charge is 0.271 e. The van der Waals surface area contributed by atoms with Crippen LogP contribution in [-0.4, -0.2) is 29.6 Å². The second kappa shape index (κ2) is 6.52. The lowest BCUT2D eigenvalue weighted by Gasteiger charge is -2.41. The molecule has 5 heteroatoms. The van der Waals surface area contributed by atoms with Gasteiger partial charge in [-0.05, 0) is 38.0 Å². The van der Waals surface area contributed by atoms with Crippen molar-refractivity contribution >= 4 is 23.2 Å². The van der Waals surface area contributed by atoms with E-state index in [4.69, 9.17) is 4.74 Å². The molecule has 1 aromatic carbocycles. The first-order chi connectivity index (χ1) is 10.9. The standard InChI is InChI=1S/C18H23NO4/c1-5-15(21)13-8-9-16-14(10-13)19(11-12(4)20)17(22)18(6-2,7-3)23-16/h8-10H,5-7,11H2,1-4H3. The normalized spacial score (nSPS) is 15.8. The molecule has 1 heterocycles. The zero-order valence-corrected chi connectivity index (χ0v) is 14.1. The Morgan fingerprint density at radius 1 is 1.17 bits per heavy atom. The quantitative estimate of drug-likeness (QED) is 0.756. The number of ether oxygens (including phenoxy) is 1. The van der Waals surface area contributed by atoms with Crippen molar-refractivity contribution in [2.24, 2.45) is 0 Å². The fourth-order valence-electron chi connectivity index (χ4n) is 2.88. The van der Waals surface area contributed by atoms with Gasteiger partial charge in [-0.3, -0.25) is 19.3 Å². The van der Waals surface area contributed by atoms with E-state index >= 15 is 0 Å². The number of amides is 1. The van der Waals surface area contributed by atoms with Gasteiger partial charge in [0.1, 0.15) is 11.5 Å². The third-order valence-electron chi connectivity index (χ3n) is 4.36. The molecule has 1 aromatic rings. The fraction of sp³-hybridized carbons (Fsp3) is 0.500. The summed E-state index contributed by atoms with van der Waals surface area (Å²) >= 11 is 0. The largest absolute Gasteiger partial charge is 0.475 e. The number of anilines is 1. The molecule has 0 fully saturated rings. The molecule has 5 nitrogen and oxygen atoms in total. The lowest BCUT2D eigenvalue weighted by Crippen LogP contribution is -2.56. The zero-order valence-electron chi connectivity index (χ0n) is 14.1. The minimum absolute atomic E-state index is 0.00848. The van der Waals surface area contributed by atoms with Crippen molar-refractivity contribution in [2.45, 2.75) is 52.6 Å². The van der Waals surface area contributed by atoms with E-state index < -0.39 is 5.60 Å². The van der Waals surface area contributed by atoms with E-state index in [9.17, 15) is 14.4 Å². The summed E-state index contributed by atoms with van der Waals surface area (Å²) < 4.78 is 6.00. The first-order valence-corrected chi connectivity index (χ1v) is 8.06. The molecule has 0 aliphatic carbocycles. The third kappa shape index (κ3) is 3.00. The molecular formula is C18H23NO4. The molecule has 23 heavy (non-hydrogen) atoms. The van der Waals surface area contributed by atoms with Gasteiger partial charge in [0.15, 0.2) is 11.4 Å². The highest BCUT2D eigenvalue weighted by molar-refractivity contribution is 6.07. The molecule has 0 spiro atoms. The minimum Gasteiger partial charge on any atom is -0.475 e. The summed E-state index contributed by atoms with van der Waals surface area (Å²) in [5, 5.41) is 0. The monoisotopic (exact) mass is 317 g/mol. The van der Waals surface area contributed by atoms with Crippen LogP contribution in [0, 0.1) is 0 Å². The average molecular weight is 317 g/mol. The van der Waals surface area contributed by atoms with Crippen LogP contribution in [-0.2, 0) is 9.59 Å². The predicted molar refractivity (Wildman–Crippen MR) is 88.0 cm³/mol. The number of nitrogens with zero attached hydrogens (tertiary/aromatic N) is 1. The van der Waals surface area contributed by atoms with Gasteiger partial charge in [0.2, 0.25) is 0 Å². The lowest BCUT2D eigenvalue weighted by atomic mass is 9.92. The van der Waals surface area contributed by atoms with Gasteiger partial charge in [-0.25, -0.2) is 0 Å². The fourth-order valence-corrected chi connectivity index (χ4v) is 2.88. The molecule has 0 atom stereocenters. The van der Waals surface area contributed by atoms with E-state index in [1.807, 2.05) is 13.8 Å². The summed E-state index contributed by atoms with van der Waals surface area (Å²) in [4.78, 5) is 37.9. The van der Waals surface area contributed by atoms with Crippen molar-refractivity contribution in [3.8, 4) is 5.75 Å². The first-order valence-electron chi connectivity index (χ1n) is 8.06. The summed E-state index contributed by atoms with van der Waals surface area (Å²) in [5.74, 6) is 0.207. The van der Waals surface area contributed by atoms with Crippen molar-refractivity contribution in [3.63, 3.8) is 0 Å². The third-order valence-corrected chi connectivity index (χ3v) is 4.36. The summed E-state index contributed by atoms with van der Waals surface area (Å²) in [6.07, 6.45) is 1.42. The van der Waals surface area contributed by atoms with Crippen molar-refractivity contribution in [3.05, 3.63) is 23.8 Å². The van der Waals surface area contributed by atoms with Crippen LogP contribution in [0.1, 0.15) is 57.3 Å². The number of Topliss-reactive ketones (excluding diaryl/α,β-unsaturated/α-hetero) is 2. The van der Waals surface area contributed by atoms with Crippen LogP contribution in [0.2, 0.25) is 0 Å². The SMILES string of the molecule is CCC(=O)c1ccc2c(c1)N(CC(C)=O)C(=O)C(CC)(CC)O2. The molecule has 1 aliphatic heterocycles. The number of hydrogen-bond acceptors (Lipinski definition) is 4. The molecule has 0 aromatic heterocycles. The Labute approximate surface area is 136 Å². The van der Waals surface area contributed by atoms with E-state index in [1.54, 1.807) is 25.1 Å². The van der Waals surface area contributed by atoms with Crippen molar-refractivity contribution in [1.82, 2.24) is 0 Å². The Morgan fingerprint density at radius 2 is 1.83 bits per heavy atom. The molecule has 0 unspecified atom stereocenters. The van der Waals surface area contributed by atoms with Crippen LogP contribution in [0.25, 0.3) is 0 Å². The minimum atomic E-state index is -0.946. The Balaban J connectivity index is 2.57. The molecule has 0 N–H and O–H groups in total. The summed E-state index contributed by atoms with van der Waals surface area (Å²) in [5.41, 5.74) is 0.0809. The number of carbonyl (C=O) groups excluding carboxylic acids is 3. The summed E-state index contributed by atoms with van der Waals surface area (Å²) in [6.45, 7) is 7.01. The second-order valence-corrected chi connectivity index (χ2v) is 5.86. The van der Waals surface area contributed by atoms with E-state index in [1.165, 1.54) is 11.8 Å². The molecule has 0 saturated carbocycles. The number of benzene rings is 1. The molecule has 0 radical (unpaired) electrons. The molecule has 124 valence electrons. The van der Waals surface area contributed by atoms with Gasteiger partial charge in [0.25, 0.3) is 5.91 Å². The maximum Gasteiger partial charge on any atom is 0.271 e. The van der Waals surface area contributed by atoms with E-state index in [-0.39, 0.29) is 24.0 Å². The number of carbonyl (C=O) groups is 3. The van der Waals surface area contributed by atoms with Gasteiger partial charge >= 0.3 is 0 Å². The summed E-state index contributed by atoms with van der Waals surface area (Å²) in [7, 11) is 0. The van der Waals surface area contributed by atoms with Crippen LogP contribution in [0.5, 0.6) is 5.75 Å². The Bertz CT molecular complexity index is 646. The maximum absolute atomic E-state index is 12.9. The van der Waals surface area contributed by atoms with Crippen LogP contribution in [0.4, 0.5) is 5.69 Å². The number of rotatable bonds is 6. The van der Waals surface area contributed by atoms with Gasteiger partial charge in [-0.1, -0.05) is 20.8 Å². The van der Waals surface area contributed by atoms with Crippen LogP contribution in [0.3, 0.4) is 0 Å². The van der Waals surface area contributed by atoms with E-state index in [0.29, 0.717) is 36.3 Å². The van der Waals surface area contributed by atoms with Gasteiger partial charge in [0, 0.05) is 12.0 Å². The highest BCUT2D eigenvalue weighted by atomic mass is 16.5. The summed E-state index contributed by atoms with van der Waals surface area (Å²) in [6, 6.07) is 5.08. The Kier molecular flexibility index (Phi) is 4.88. The topological polar surface area (TPSA) is 63.7 Å². The molecule has 1 amide bonds. The average Bonchev–Trinajstić information content (AvgIpc) is 2.56. The molecular weight excluding hydrogens is 294 g/mol.